The molecule has 2 heterocycles. The molecule has 2 aromatic heterocycles. The molecule has 21 heavy (non-hydrogen) atoms. The number of anilines is 1. The number of halogens is 2. The van der Waals surface area contributed by atoms with E-state index in [1.165, 1.54) is 0 Å². The molecule has 0 saturated carbocycles. The molecular formula is C13H7BrClN3O2S. The minimum Gasteiger partial charge on any atom is -0.446 e. The van der Waals surface area contributed by atoms with E-state index >= 15 is 0 Å². The molecule has 1 N–H and O–H groups in total. The summed E-state index contributed by atoms with van der Waals surface area (Å²) in [6.45, 7) is 0. The Bertz CT molecular complexity index is 785. The molecule has 0 saturated heterocycles. The zero-order valence-corrected chi connectivity index (χ0v) is 13.5. The second kappa shape index (κ2) is 5.97. The first-order valence-corrected chi connectivity index (χ1v) is 7.72. The largest absolute Gasteiger partial charge is 0.446 e. The Kier molecular flexibility index (Phi) is 4.05. The summed E-state index contributed by atoms with van der Waals surface area (Å²) in [5.41, 5.74) is 0.497. The van der Waals surface area contributed by atoms with Crippen LogP contribution in [-0.2, 0) is 0 Å². The molecule has 0 unspecified atom stereocenters. The minimum absolute atomic E-state index is 0.269. The topological polar surface area (TPSA) is 68.0 Å². The third-order valence-corrected chi connectivity index (χ3v) is 3.86. The molecule has 0 aliphatic heterocycles. The van der Waals surface area contributed by atoms with Crippen LogP contribution in [0.3, 0.4) is 0 Å². The maximum atomic E-state index is 12.0. The number of nitrogens with zero attached hydrogens (tertiary/aromatic N) is 2. The summed E-state index contributed by atoms with van der Waals surface area (Å²) >= 11 is 10.1. The van der Waals surface area contributed by atoms with Gasteiger partial charge in [-0.15, -0.1) is 0 Å². The second-order valence-corrected chi connectivity index (χ2v) is 5.96. The normalized spacial score (nSPS) is 10.6. The third-order valence-electron chi connectivity index (χ3n) is 2.55. The molecule has 0 spiro atoms. The van der Waals surface area contributed by atoms with E-state index in [1.807, 2.05) is 0 Å². The number of benzene rings is 1. The smallest absolute Gasteiger partial charge is 0.257 e. The van der Waals surface area contributed by atoms with Gasteiger partial charge in [-0.1, -0.05) is 11.6 Å². The van der Waals surface area contributed by atoms with Gasteiger partial charge in [-0.2, -0.15) is 9.36 Å². The van der Waals surface area contributed by atoms with Gasteiger partial charge in [0, 0.05) is 22.1 Å². The van der Waals surface area contributed by atoms with Gasteiger partial charge in [0.15, 0.2) is 10.4 Å². The monoisotopic (exact) mass is 383 g/mol. The second-order valence-electron chi connectivity index (χ2n) is 3.99. The number of hydrogen-bond acceptors (Lipinski definition) is 5. The van der Waals surface area contributed by atoms with E-state index in [9.17, 15) is 4.79 Å². The van der Waals surface area contributed by atoms with Crippen LogP contribution in [0.1, 0.15) is 10.4 Å². The molecule has 8 heteroatoms. The van der Waals surface area contributed by atoms with Gasteiger partial charge in [-0.3, -0.25) is 10.1 Å². The summed E-state index contributed by atoms with van der Waals surface area (Å²) in [6, 6.07) is 10.1. The summed E-state index contributed by atoms with van der Waals surface area (Å²) in [7, 11) is 0. The predicted octanol–water partition coefficient (Wildman–Crippen LogP) is 4.47. The van der Waals surface area contributed by atoms with E-state index in [0.717, 1.165) is 11.5 Å². The van der Waals surface area contributed by atoms with Gasteiger partial charge in [-0.25, -0.2) is 0 Å². The summed E-state index contributed by atoms with van der Waals surface area (Å²) in [6.07, 6.45) is 0. The lowest BCUT2D eigenvalue weighted by molar-refractivity contribution is 0.102. The zero-order chi connectivity index (χ0) is 14.8. The van der Waals surface area contributed by atoms with Gasteiger partial charge in [0.25, 0.3) is 5.91 Å². The van der Waals surface area contributed by atoms with E-state index in [0.29, 0.717) is 32.0 Å². The van der Waals surface area contributed by atoms with Crippen molar-refractivity contribution in [1.82, 2.24) is 9.36 Å². The van der Waals surface area contributed by atoms with Crippen LogP contribution in [0.25, 0.3) is 11.6 Å². The highest BCUT2D eigenvalue weighted by Crippen LogP contribution is 2.25. The van der Waals surface area contributed by atoms with Crippen LogP contribution in [-0.4, -0.2) is 15.3 Å². The maximum absolute atomic E-state index is 12.0. The lowest BCUT2D eigenvalue weighted by atomic mass is 10.2. The Labute approximate surface area is 137 Å². The van der Waals surface area contributed by atoms with Gasteiger partial charge >= 0.3 is 0 Å². The lowest BCUT2D eigenvalue weighted by Gasteiger charge is -2.00. The highest BCUT2D eigenvalue weighted by Gasteiger charge is 2.13. The SMILES string of the molecule is O=C(Nc1nc(-c2ccc(Br)o2)ns1)c1ccc(Cl)cc1. The summed E-state index contributed by atoms with van der Waals surface area (Å²) in [5, 5.41) is 3.66. The molecule has 0 aliphatic carbocycles. The first-order valence-electron chi connectivity index (χ1n) is 5.78. The highest BCUT2D eigenvalue weighted by atomic mass is 79.9. The molecule has 3 aromatic rings. The predicted molar refractivity (Wildman–Crippen MR) is 84.7 cm³/mol. The molecule has 1 aromatic carbocycles. The van der Waals surface area contributed by atoms with Crippen LogP contribution in [0.5, 0.6) is 0 Å². The van der Waals surface area contributed by atoms with Crippen molar-refractivity contribution in [2.75, 3.05) is 5.32 Å². The number of furan rings is 1. The van der Waals surface area contributed by atoms with E-state index in [2.05, 4.69) is 30.6 Å². The summed E-state index contributed by atoms with van der Waals surface area (Å²) in [4.78, 5) is 16.2. The van der Waals surface area contributed by atoms with Gasteiger partial charge in [0.1, 0.15) is 0 Å². The first kappa shape index (κ1) is 14.2. The van der Waals surface area contributed by atoms with Crippen molar-refractivity contribution in [1.29, 1.82) is 0 Å². The Morgan fingerprint density at radius 3 is 2.67 bits per heavy atom. The standard InChI is InChI=1S/C13H7BrClN3O2S/c14-10-6-5-9(20-10)11-16-13(21-18-11)17-12(19)7-1-3-8(15)4-2-7/h1-6H,(H,16,17,18,19). The average molecular weight is 385 g/mol. The van der Waals surface area contributed by atoms with Crippen molar-refractivity contribution in [3.05, 3.63) is 51.7 Å². The van der Waals surface area contributed by atoms with Crippen LogP contribution < -0.4 is 5.32 Å². The number of rotatable bonds is 3. The molecule has 0 fully saturated rings. The van der Waals surface area contributed by atoms with E-state index in [4.69, 9.17) is 16.0 Å². The molecule has 0 bridgehead atoms. The van der Waals surface area contributed by atoms with E-state index < -0.39 is 0 Å². The minimum atomic E-state index is -0.269. The summed E-state index contributed by atoms with van der Waals surface area (Å²) in [5.74, 6) is 0.692. The fraction of sp³-hybridized carbons (Fsp3) is 0. The molecule has 0 radical (unpaired) electrons. The van der Waals surface area contributed by atoms with Crippen LogP contribution in [0.15, 0.2) is 45.5 Å². The number of carbonyl (C=O) groups is 1. The maximum Gasteiger partial charge on any atom is 0.257 e. The van der Waals surface area contributed by atoms with Gasteiger partial charge in [0.2, 0.25) is 11.0 Å². The molecule has 106 valence electrons. The third kappa shape index (κ3) is 3.31. The zero-order valence-electron chi connectivity index (χ0n) is 10.3. The van der Waals surface area contributed by atoms with Gasteiger partial charge < -0.3 is 4.42 Å². The number of hydrogen-bond donors (Lipinski definition) is 1. The first-order chi connectivity index (χ1) is 10.1. The Balaban J connectivity index is 1.75. The summed E-state index contributed by atoms with van der Waals surface area (Å²) < 4.78 is 10.1. The molecule has 3 rings (SSSR count). The van der Waals surface area contributed by atoms with Gasteiger partial charge in [-0.05, 0) is 52.3 Å². The highest BCUT2D eigenvalue weighted by molar-refractivity contribution is 9.10. The van der Waals surface area contributed by atoms with Crippen molar-refractivity contribution >= 4 is 50.1 Å². The van der Waals surface area contributed by atoms with Crippen molar-refractivity contribution in [3.8, 4) is 11.6 Å². The molecule has 0 aliphatic rings. The van der Waals surface area contributed by atoms with E-state index in [-0.39, 0.29) is 5.91 Å². The Hall–Kier alpha value is -1.70. The van der Waals surface area contributed by atoms with Crippen LogP contribution in [0, 0.1) is 0 Å². The van der Waals surface area contributed by atoms with Gasteiger partial charge in [0.05, 0.1) is 0 Å². The Morgan fingerprint density at radius 2 is 2.00 bits per heavy atom. The number of nitrogens with one attached hydrogen (secondary N) is 1. The van der Waals surface area contributed by atoms with Crippen LogP contribution >= 0.6 is 39.1 Å². The molecule has 0 atom stereocenters. The lowest BCUT2D eigenvalue weighted by Crippen LogP contribution is -2.11. The Morgan fingerprint density at radius 1 is 1.24 bits per heavy atom. The van der Waals surface area contributed by atoms with Crippen LogP contribution in [0.2, 0.25) is 5.02 Å². The average Bonchev–Trinajstić information content (AvgIpc) is 3.08. The van der Waals surface area contributed by atoms with Crippen LogP contribution in [0.4, 0.5) is 5.13 Å². The molecule has 1 amide bonds. The number of carbonyl (C=O) groups excluding carboxylic acids is 1. The quantitative estimate of drug-likeness (QED) is 0.723. The number of aromatic nitrogens is 2. The fourth-order valence-electron chi connectivity index (χ4n) is 1.58. The molecular weight excluding hydrogens is 378 g/mol. The molecule has 5 nitrogen and oxygen atoms in total. The van der Waals surface area contributed by atoms with Crippen molar-refractivity contribution < 1.29 is 9.21 Å². The van der Waals surface area contributed by atoms with Crippen molar-refractivity contribution in [3.63, 3.8) is 0 Å². The number of amides is 1. The fourth-order valence-corrected chi connectivity index (χ4v) is 2.58. The van der Waals surface area contributed by atoms with Crippen molar-refractivity contribution in [2.24, 2.45) is 0 Å². The van der Waals surface area contributed by atoms with E-state index in [1.54, 1.807) is 36.4 Å². The van der Waals surface area contributed by atoms with Crippen molar-refractivity contribution in [2.45, 2.75) is 0 Å².